The van der Waals surface area contributed by atoms with E-state index in [2.05, 4.69) is 4.72 Å². The minimum absolute atomic E-state index is 0.180. The third-order valence-electron chi connectivity index (χ3n) is 3.25. The molecule has 1 aromatic heterocycles. The Bertz CT molecular complexity index is 707. The van der Waals surface area contributed by atoms with Gasteiger partial charge >= 0.3 is 0 Å². The van der Waals surface area contributed by atoms with E-state index >= 15 is 0 Å². The van der Waals surface area contributed by atoms with Crippen molar-refractivity contribution in [1.82, 2.24) is 4.72 Å². The first-order valence-corrected chi connectivity index (χ1v) is 8.65. The monoisotopic (exact) mass is 310 g/mol. The van der Waals surface area contributed by atoms with Gasteiger partial charge in [-0.1, -0.05) is 12.1 Å². The van der Waals surface area contributed by atoms with Crippen LogP contribution in [0.15, 0.2) is 33.9 Å². The Hall–Kier alpha value is -1.37. The summed E-state index contributed by atoms with van der Waals surface area (Å²) in [5.74, 6) is 0. The molecular formula is C14H18N2O2S2. The molecule has 1 atom stereocenters. The standard InChI is InChI=1S/C14H18N2O2S2/c1-9-4-5-10(2)14(13(9)15)20(17,18)16-11(3)12-6-7-19-8-12/h4-8,11,16H,15H2,1-3H3. The first kappa shape index (κ1) is 15.0. The third-order valence-corrected chi connectivity index (χ3v) is 5.70. The SMILES string of the molecule is Cc1ccc(C)c(S(=O)(=O)NC(C)c2ccsc2)c1N. The number of benzene rings is 1. The second-order valence-corrected chi connectivity index (χ2v) is 7.27. The Balaban J connectivity index is 2.39. The van der Waals surface area contributed by atoms with Crippen LogP contribution in [0.1, 0.15) is 29.7 Å². The van der Waals surface area contributed by atoms with Crippen LogP contribution in [0.5, 0.6) is 0 Å². The van der Waals surface area contributed by atoms with E-state index in [9.17, 15) is 8.42 Å². The van der Waals surface area contributed by atoms with Crippen molar-refractivity contribution < 1.29 is 8.42 Å². The van der Waals surface area contributed by atoms with Crippen LogP contribution in [0.4, 0.5) is 5.69 Å². The highest BCUT2D eigenvalue weighted by Gasteiger charge is 2.23. The molecule has 1 heterocycles. The van der Waals surface area contributed by atoms with Gasteiger partial charge in [-0.15, -0.1) is 0 Å². The lowest BCUT2D eigenvalue weighted by Crippen LogP contribution is -2.28. The van der Waals surface area contributed by atoms with Crippen LogP contribution in [0.2, 0.25) is 0 Å². The number of nitrogens with one attached hydrogen (secondary N) is 1. The Morgan fingerprint density at radius 1 is 1.20 bits per heavy atom. The fraction of sp³-hybridized carbons (Fsp3) is 0.286. The summed E-state index contributed by atoms with van der Waals surface area (Å²) < 4.78 is 27.8. The molecule has 0 saturated carbocycles. The van der Waals surface area contributed by atoms with Gasteiger partial charge in [0.15, 0.2) is 0 Å². The number of nitrogen functional groups attached to an aromatic ring is 1. The lowest BCUT2D eigenvalue weighted by Gasteiger charge is -2.17. The molecule has 0 aliphatic rings. The van der Waals surface area contributed by atoms with E-state index in [1.807, 2.05) is 29.8 Å². The van der Waals surface area contributed by atoms with Crippen molar-refractivity contribution in [2.24, 2.45) is 0 Å². The van der Waals surface area contributed by atoms with E-state index < -0.39 is 10.0 Å². The van der Waals surface area contributed by atoms with E-state index in [-0.39, 0.29) is 10.9 Å². The van der Waals surface area contributed by atoms with Crippen LogP contribution < -0.4 is 10.5 Å². The molecule has 0 bridgehead atoms. The predicted molar refractivity (Wildman–Crippen MR) is 83.4 cm³/mol. The van der Waals surface area contributed by atoms with Gasteiger partial charge in [0.1, 0.15) is 4.90 Å². The van der Waals surface area contributed by atoms with Crippen molar-refractivity contribution in [2.45, 2.75) is 31.7 Å². The molecule has 6 heteroatoms. The number of anilines is 1. The molecule has 108 valence electrons. The summed E-state index contributed by atoms with van der Waals surface area (Å²) >= 11 is 1.54. The molecule has 3 N–H and O–H groups in total. The van der Waals surface area contributed by atoms with Gasteiger partial charge in [-0.3, -0.25) is 0 Å². The Morgan fingerprint density at radius 2 is 1.85 bits per heavy atom. The maximum absolute atomic E-state index is 12.5. The Kier molecular flexibility index (Phi) is 4.17. The molecule has 1 aromatic carbocycles. The minimum Gasteiger partial charge on any atom is -0.397 e. The van der Waals surface area contributed by atoms with Crippen molar-refractivity contribution in [3.63, 3.8) is 0 Å². The molecule has 20 heavy (non-hydrogen) atoms. The summed E-state index contributed by atoms with van der Waals surface area (Å²) in [6.07, 6.45) is 0. The molecular weight excluding hydrogens is 292 g/mol. The second-order valence-electron chi connectivity index (χ2n) is 4.84. The summed E-state index contributed by atoms with van der Waals surface area (Å²) in [5, 5.41) is 3.85. The number of hydrogen-bond acceptors (Lipinski definition) is 4. The average Bonchev–Trinajstić information content (AvgIpc) is 2.87. The molecule has 1 unspecified atom stereocenters. The van der Waals surface area contributed by atoms with Gasteiger partial charge in [-0.25, -0.2) is 13.1 Å². The molecule has 0 radical (unpaired) electrons. The maximum atomic E-state index is 12.5. The second kappa shape index (κ2) is 5.55. The molecule has 0 aliphatic carbocycles. The van der Waals surface area contributed by atoms with Crippen LogP contribution in [-0.4, -0.2) is 8.42 Å². The first-order valence-electron chi connectivity index (χ1n) is 6.23. The normalized spacial score (nSPS) is 13.3. The zero-order valence-electron chi connectivity index (χ0n) is 11.7. The highest BCUT2D eigenvalue weighted by Crippen LogP contribution is 2.27. The van der Waals surface area contributed by atoms with Crippen molar-refractivity contribution in [1.29, 1.82) is 0 Å². The van der Waals surface area contributed by atoms with Gasteiger partial charge in [0.2, 0.25) is 10.0 Å². The number of thiophene rings is 1. The number of nitrogens with two attached hydrogens (primary N) is 1. The molecule has 0 saturated heterocycles. The van der Waals surface area contributed by atoms with Gasteiger partial charge in [0.05, 0.1) is 5.69 Å². The van der Waals surface area contributed by atoms with Crippen LogP contribution in [-0.2, 0) is 10.0 Å². The highest BCUT2D eigenvalue weighted by atomic mass is 32.2. The van der Waals surface area contributed by atoms with Gasteiger partial charge in [-0.2, -0.15) is 11.3 Å². The number of rotatable bonds is 4. The van der Waals surface area contributed by atoms with E-state index in [0.29, 0.717) is 11.3 Å². The van der Waals surface area contributed by atoms with Gasteiger partial charge in [0.25, 0.3) is 0 Å². The maximum Gasteiger partial charge on any atom is 0.243 e. The van der Waals surface area contributed by atoms with Crippen molar-refractivity contribution in [3.05, 3.63) is 45.6 Å². The molecule has 0 fully saturated rings. The minimum atomic E-state index is -3.64. The summed E-state index contributed by atoms with van der Waals surface area (Å²) in [6.45, 7) is 5.37. The Morgan fingerprint density at radius 3 is 2.45 bits per heavy atom. The Labute approximate surface area is 123 Å². The number of hydrogen-bond donors (Lipinski definition) is 2. The topological polar surface area (TPSA) is 72.2 Å². The van der Waals surface area contributed by atoms with Gasteiger partial charge in [-0.05, 0) is 54.3 Å². The van der Waals surface area contributed by atoms with E-state index in [4.69, 9.17) is 5.73 Å². The van der Waals surface area contributed by atoms with Crippen LogP contribution in [0, 0.1) is 13.8 Å². The molecule has 0 spiro atoms. The molecule has 2 aromatic rings. The van der Waals surface area contributed by atoms with E-state index in [0.717, 1.165) is 11.1 Å². The zero-order valence-corrected chi connectivity index (χ0v) is 13.3. The van der Waals surface area contributed by atoms with Crippen molar-refractivity contribution in [3.8, 4) is 0 Å². The highest BCUT2D eigenvalue weighted by molar-refractivity contribution is 7.89. The summed E-state index contributed by atoms with van der Waals surface area (Å²) in [5.41, 5.74) is 8.62. The van der Waals surface area contributed by atoms with E-state index in [1.165, 1.54) is 11.3 Å². The fourth-order valence-electron chi connectivity index (χ4n) is 2.04. The van der Waals surface area contributed by atoms with Crippen LogP contribution >= 0.6 is 11.3 Å². The lowest BCUT2D eigenvalue weighted by molar-refractivity contribution is 0.567. The lowest BCUT2D eigenvalue weighted by atomic mass is 10.1. The summed E-state index contributed by atoms with van der Waals surface area (Å²) in [6, 6.07) is 5.22. The van der Waals surface area contributed by atoms with Crippen LogP contribution in [0.25, 0.3) is 0 Å². The van der Waals surface area contributed by atoms with Crippen molar-refractivity contribution >= 4 is 27.0 Å². The predicted octanol–water partition coefficient (Wildman–Crippen LogP) is 2.99. The van der Waals surface area contributed by atoms with Gasteiger partial charge < -0.3 is 5.73 Å². The largest absolute Gasteiger partial charge is 0.397 e. The first-order chi connectivity index (χ1) is 9.33. The molecule has 2 rings (SSSR count). The van der Waals surface area contributed by atoms with Crippen LogP contribution in [0.3, 0.4) is 0 Å². The average molecular weight is 310 g/mol. The number of aryl methyl sites for hydroxylation is 2. The molecule has 4 nitrogen and oxygen atoms in total. The number of sulfonamides is 1. The van der Waals surface area contributed by atoms with Gasteiger partial charge in [0, 0.05) is 6.04 Å². The smallest absolute Gasteiger partial charge is 0.243 e. The fourth-order valence-corrected chi connectivity index (χ4v) is 4.46. The third kappa shape index (κ3) is 2.87. The molecule has 0 amide bonds. The van der Waals surface area contributed by atoms with Crippen molar-refractivity contribution in [2.75, 3.05) is 5.73 Å². The quantitative estimate of drug-likeness (QED) is 0.853. The molecule has 0 aliphatic heterocycles. The van der Waals surface area contributed by atoms with E-state index in [1.54, 1.807) is 19.9 Å². The summed E-state index contributed by atoms with van der Waals surface area (Å²) in [7, 11) is -3.64. The summed E-state index contributed by atoms with van der Waals surface area (Å²) in [4.78, 5) is 0.180. The zero-order chi connectivity index (χ0) is 14.9.